The van der Waals surface area contributed by atoms with Gasteiger partial charge in [-0.3, -0.25) is 14.6 Å². The van der Waals surface area contributed by atoms with Gasteiger partial charge in [-0.25, -0.2) is 5.48 Å². The van der Waals surface area contributed by atoms with E-state index < -0.39 is 6.04 Å². The van der Waals surface area contributed by atoms with Crippen molar-refractivity contribution in [3.05, 3.63) is 42.0 Å². The molecule has 5 heteroatoms. The minimum atomic E-state index is -0.557. The van der Waals surface area contributed by atoms with Crippen LogP contribution in [0.2, 0.25) is 0 Å². The first kappa shape index (κ1) is 11.7. The molecule has 1 aliphatic rings. The van der Waals surface area contributed by atoms with Gasteiger partial charge in [0.05, 0.1) is 0 Å². The van der Waals surface area contributed by atoms with Crippen molar-refractivity contribution >= 4 is 22.9 Å². The molecule has 1 saturated heterocycles. The van der Waals surface area contributed by atoms with Gasteiger partial charge in [-0.1, -0.05) is 30.3 Å². The number of nitrogens with one attached hydrogen (secondary N) is 1. The largest absolute Gasteiger partial charge is 0.507 e. The molecule has 0 radical (unpaired) electrons. The molecule has 1 aliphatic heterocycles. The number of carbonyl (C=O) groups is 1. The van der Waals surface area contributed by atoms with Crippen molar-refractivity contribution in [3.8, 4) is 5.75 Å². The molecule has 1 atom stereocenters. The number of carbonyl (C=O) groups excluding carboxylic acids is 1. The predicted molar refractivity (Wildman–Crippen MR) is 71.1 cm³/mol. The van der Waals surface area contributed by atoms with Crippen LogP contribution in [-0.2, 0) is 9.63 Å². The van der Waals surface area contributed by atoms with Crippen LogP contribution in [-0.4, -0.2) is 29.9 Å². The summed E-state index contributed by atoms with van der Waals surface area (Å²) in [7, 11) is 0. The molecule has 96 valence electrons. The maximum Gasteiger partial charge on any atom is 0.270 e. The Labute approximate surface area is 109 Å². The predicted octanol–water partition coefficient (Wildman–Crippen LogP) is 1.39. The second kappa shape index (κ2) is 4.70. The van der Waals surface area contributed by atoms with Gasteiger partial charge in [0.15, 0.2) is 6.04 Å². The van der Waals surface area contributed by atoms with Crippen LogP contribution >= 0.6 is 0 Å². The van der Waals surface area contributed by atoms with Gasteiger partial charge >= 0.3 is 0 Å². The van der Waals surface area contributed by atoms with E-state index in [0.717, 1.165) is 10.8 Å². The van der Waals surface area contributed by atoms with Crippen molar-refractivity contribution in [2.75, 3.05) is 6.61 Å². The zero-order valence-corrected chi connectivity index (χ0v) is 10.0. The standard InChI is InChI=1S/C14H12N2O3/c17-13-6-5-9-3-1-2-4-10(9)11(13)7-15-12-8-19-16-14(12)18/h1-7,12,17H,8H2,(H,16,18). The van der Waals surface area contributed by atoms with Gasteiger partial charge in [0, 0.05) is 11.8 Å². The number of benzene rings is 2. The third-order valence-electron chi connectivity index (χ3n) is 3.05. The zero-order chi connectivity index (χ0) is 13.2. The number of phenols is 1. The van der Waals surface area contributed by atoms with E-state index in [1.165, 1.54) is 6.21 Å². The number of aromatic hydroxyl groups is 1. The molecule has 0 spiro atoms. The summed E-state index contributed by atoms with van der Waals surface area (Å²) in [5.41, 5.74) is 2.85. The monoisotopic (exact) mass is 256 g/mol. The summed E-state index contributed by atoms with van der Waals surface area (Å²) >= 11 is 0. The van der Waals surface area contributed by atoms with Crippen molar-refractivity contribution in [3.63, 3.8) is 0 Å². The van der Waals surface area contributed by atoms with Gasteiger partial charge in [-0.15, -0.1) is 0 Å². The fourth-order valence-electron chi connectivity index (χ4n) is 2.03. The molecule has 1 unspecified atom stereocenters. The number of fused-ring (bicyclic) bond motifs is 1. The zero-order valence-electron chi connectivity index (χ0n) is 10.0. The molecule has 1 heterocycles. The Morgan fingerprint density at radius 2 is 2.16 bits per heavy atom. The Morgan fingerprint density at radius 1 is 1.32 bits per heavy atom. The first-order valence-electron chi connectivity index (χ1n) is 5.91. The molecule has 2 N–H and O–H groups in total. The number of phenolic OH excluding ortho intramolecular Hbond substituents is 1. The Kier molecular flexibility index (Phi) is 2.89. The molecule has 0 aliphatic carbocycles. The molecular formula is C14H12N2O3. The lowest BCUT2D eigenvalue weighted by molar-refractivity contribution is -0.124. The van der Waals surface area contributed by atoms with E-state index in [2.05, 4.69) is 10.5 Å². The molecule has 0 aromatic heterocycles. The molecule has 2 aromatic carbocycles. The minimum Gasteiger partial charge on any atom is -0.507 e. The number of hydrogen-bond donors (Lipinski definition) is 2. The lowest BCUT2D eigenvalue weighted by Gasteiger charge is -2.05. The summed E-state index contributed by atoms with van der Waals surface area (Å²) in [4.78, 5) is 20.3. The first-order valence-corrected chi connectivity index (χ1v) is 5.91. The quantitative estimate of drug-likeness (QED) is 0.798. The number of rotatable bonds is 2. The molecule has 19 heavy (non-hydrogen) atoms. The van der Waals surface area contributed by atoms with Gasteiger partial charge in [0.2, 0.25) is 0 Å². The van der Waals surface area contributed by atoms with E-state index in [1.807, 2.05) is 30.3 Å². The van der Waals surface area contributed by atoms with Crippen LogP contribution in [0.25, 0.3) is 10.8 Å². The summed E-state index contributed by atoms with van der Waals surface area (Å²) in [6.07, 6.45) is 1.52. The number of amides is 1. The Bertz CT molecular complexity index is 667. The molecule has 0 bridgehead atoms. The Balaban J connectivity index is 2.02. The van der Waals surface area contributed by atoms with Crippen LogP contribution in [0.5, 0.6) is 5.75 Å². The second-order valence-electron chi connectivity index (χ2n) is 4.29. The van der Waals surface area contributed by atoms with Crippen LogP contribution in [0, 0.1) is 0 Å². The van der Waals surface area contributed by atoms with Crippen LogP contribution in [0.15, 0.2) is 41.4 Å². The Morgan fingerprint density at radius 3 is 2.95 bits per heavy atom. The van der Waals surface area contributed by atoms with Crippen LogP contribution < -0.4 is 5.48 Å². The van der Waals surface area contributed by atoms with Crippen LogP contribution in [0.3, 0.4) is 0 Å². The highest BCUT2D eigenvalue weighted by molar-refractivity contribution is 6.03. The highest BCUT2D eigenvalue weighted by Gasteiger charge is 2.24. The van der Waals surface area contributed by atoms with E-state index in [0.29, 0.717) is 5.56 Å². The fraction of sp³-hybridized carbons (Fsp3) is 0.143. The lowest BCUT2D eigenvalue weighted by atomic mass is 10.0. The van der Waals surface area contributed by atoms with E-state index in [-0.39, 0.29) is 18.3 Å². The van der Waals surface area contributed by atoms with Crippen LogP contribution in [0.1, 0.15) is 5.56 Å². The second-order valence-corrected chi connectivity index (χ2v) is 4.29. The highest BCUT2D eigenvalue weighted by atomic mass is 16.7. The fourth-order valence-corrected chi connectivity index (χ4v) is 2.03. The normalized spacial score (nSPS) is 19.2. The van der Waals surface area contributed by atoms with E-state index in [9.17, 15) is 9.90 Å². The van der Waals surface area contributed by atoms with Crippen molar-refractivity contribution < 1.29 is 14.7 Å². The maximum atomic E-state index is 11.3. The summed E-state index contributed by atoms with van der Waals surface area (Å²) in [5.74, 6) is -0.127. The van der Waals surface area contributed by atoms with Gasteiger partial charge < -0.3 is 5.11 Å². The van der Waals surface area contributed by atoms with E-state index in [4.69, 9.17) is 4.84 Å². The van der Waals surface area contributed by atoms with Gasteiger partial charge in [0.25, 0.3) is 5.91 Å². The third kappa shape index (κ3) is 2.15. The van der Waals surface area contributed by atoms with E-state index in [1.54, 1.807) is 6.07 Å². The van der Waals surface area contributed by atoms with E-state index >= 15 is 0 Å². The number of hydroxylamine groups is 1. The summed E-state index contributed by atoms with van der Waals surface area (Å²) in [6.45, 7) is 0.209. The molecular weight excluding hydrogens is 244 g/mol. The Hall–Kier alpha value is -2.40. The van der Waals surface area contributed by atoms with Crippen LogP contribution in [0.4, 0.5) is 0 Å². The maximum absolute atomic E-state index is 11.3. The van der Waals surface area contributed by atoms with Crippen molar-refractivity contribution in [1.82, 2.24) is 5.48 Å². The molecule has 5 nitrogen and oxygen atoms in total. The number of nitrogens with zero attached hydrogens (tertiary/aromatic N) is 1. The minimum absolute atomic E-state index is 0.141. The smallest absolute Gasteiger partial charge is 0.270 e. The van der Waals surface area contributed by atoms with Gasteiger partial charge in [0.1, 0.15) is 12.4 Å². The molecule has 3 rings (SSSR count). The number of hydrogen-bond acceptors (Lipinski definition) is 4. The summed E-state index contributed by atoms with van der Waals surface area (Å²) < 4.78 is 0. The third-order valence-corrected chi connectivity index (χ3v) is 3.05. The SMILES string of the molecule is O=C1NOCC1N=Cc1c(O)ccc2ccccc12. The molecule has 1 fully saturated rings. The highest BCUT2D eigenvalue weighted by Crippen LogP contribution is 2.25. The molecule has 2 aromatic rings. The van der Waals surface area contributed by atoms with Gasteiger partial charge in [-0.05, 0) is 16.8 Å². The first-order chi connectivity index (χ1) is 9.25. The number of aliphatic imine (C=N–C) groups is 1. The van der Waals surface area contributed by atoms with Crippen molar-refractivity contribution in [1.29, 1.82) is 0 Å². The van der Waals surface area contributed by atoms with Gasteiger partial charge in [-0.2, -0.15) is 0 Å². The average Bonchev–Trinajstić information content (AvgIpc) is 2.83. The lowest BCUT2D eigenvalue weighted by Crippen LogP contribution is -2.21. The molecule has 1 amide bonds. The summed E-state index contributed by atoms with van der Waals surface area (Å²) in [5, 5.41) is 11.8. The summed E-state index contributed by atoms with van der Waals surface area (Å²) in [6, 6.07) is 10.6. The topological polar surface area (TPSA) is 70.9 Å². The van der Waals surface area contributed by atoms with Crippen molar-refractivity contribution in [2.45, 2.75) is 6.04 Å². The average molecular weight is 256 g/mol. The molecule has 0 saturated carbocycles. The van der Waals surface area contributed by atoms with Crippen molar-refractivity contribution in [2.24, 2.45) is 4.99 Å².